The Labute approximate surface area is 123 Å². The number of allylic oxidation sites excluding steroid dienone is 1. The summed E-state index contributed by atoms with van der Waals surface area (Å²) in [6.07, 6.45) is 1.27. The van der Waals surface area contributed by atoms with Crippen molar-refractivity contribution in [2.75, 3.05) is 0 Å². The standard InChI is InChI=1S/C8H8Cl6O2/c1-4(5(15)16)2-3-7(10,11)6(9)8(12,13)14/h2,6H,3H2,1H3,(H,15,16)/b4-2+. The molecular weight excluding hydrogens is 341 g/mol. The molecule has 0 spiro atoms. The van der Waals surface area contributed by atoms with Gasteiger partial charge in [-0.05, 0) is 6.92 Å². The van der Waals surface area contributed by atoms with Crippen LogP contribution in [0, 0.1) is 0 Å². The van der Waals surface area contributed by atoms with Crippen molar-refractivity contribution in [3.05, 3.63) is 11.6 Å². The molecule has 0 heterocycles. The Kier molecular flexibility index (Phi) is 6.58. The first-order valence-corrected chi connectivity index (χ1v) is 6.29. The lowest BCUT2D eigenvalue weighted by Crippen LogP contribution is -2.36. The highest BCUT2D eigenvalue weighted by atomic mass is 35.6. The summed E-state index contributed by atoms with van der Waals surface area (Å²) >= 11 is 34.1. The van der Waals surface area contributed by atoms with Gasteiger partial charge in [0, 0.05) is 12.0 Å². The summed E-state index contributed by atoms with van der Waals surface area (Å²) < 4.78 is -3.40. The van der Waals surface area contributed by atoms with Gasteiger partial charge in [-0.25, -0.2) is 4.79 Å². The molecule has 16 heavy (non-hydrogen) atoms. The predicted octanol–water partition coefficient (Wildman–Crippen LogP) is 4.56. The number of rotatable bonds is 4. The summed E-state index contributed by atoms with van der Waals surface area (Å²) in [6.45, 7) is 1.39. The van der Waals surface area contributed by atoms with Gasteiger partial charge in [-0.1, -0.05) is 64.1 Å². The Morgan fingerprint density at radius 3 is 2.06 bits per heavy atom. The Morgan fingerprint density at radius 1 is 1.31 bits per heavy atom. The van der Waals surface area contributed by atoms with Crippen LogP contribution in [0.15, 0.2) is 11.6 Å². The molecule has 1 atom stereocenters. The van der Waals surface area contributed by atoms with E-state index in [4.69, 9.17) is 74.7 Å². The molecule has 0 aliphatic carbocycles. The smallest absolute Gasteiger partial charge is 0.330 e. The fourth-order valence-corrected chi connectivity index (χ4v) is 2.18. The van der Waals surface area contributed by atoms with Crippen molar-refractivity contribution in [1.82, 2.24) is 0 Å². The van der Waals surface area contributed by atoms with Crippen LogP contribution in [0.5, 0.6) is 0 Å². The lowest BCUT2D eigenvalue weighted by Gasteiger charge is -2.29. The topological polar surface area (TPSA) is 37.3 Å². The molecule has 0 bridgehead atoms. The maximum Gasteiger partial charge on any atom is 0.330 e. The minimum absolute atomic E-state index is 0.0453. The van der Waals surface area contributed by atoms with Crippen LogP contribution in [-0.4, -0.2) is 24.6 Å². The molecule has 0 aromatic carbocycles. The molecule has 2 nitrogen and oxygen atoms in total. The molecule has 0 rings (SSSR count). The van der Waals surface area contributed by atoms with E-state index < -0.39 is 19.5 Å². The molecule has 0 saturated carbocycles. The number of carboxylic acids is 1. The maximum absolute atomic E-state index is 10.5. The molecule has 0 aliphatic heterocycles. The molecular formula is C8H8Cl6O2. The quantitative estimate of drug-likeness (QED) is 0.597. The first-order chi connectivity index (χ1) is 6.98. The van der Waals surface area contributed by atoms with Crippen molar-refractivity contribution >= 4 is 75.6 Å². The fourth-order valence-electron chi connectivity index (χ4n) is 0.719. The monoisotopic (exact) mass is 346 g/mol. The van der Waals surface area contributed by atoms with Gasteiger partial charge in [-0.3, -0.25) is 0 Å². The van der Waals surface area contributed by atoms with Gasteiger partial charge in [-0.2, -0.15) is 0 Å². The van der Waals surface area contributed by atoms with Crippen LogP contribution in [-0.2, 0) is 4.79 Å². The number of carboxylic acid groups (broad SMARTS) is 1. The van der Waals surface area contributed by atoms with Crippen LogP contribution < -0.4 is 0 Å². The van der Waals surface area contributed by atoms with Crippen molar-refractivity contribution in [3.63, 3.8) is 0 Å². The first-order valence-electron chi connectivity index (χ1n) is 3.97. The Bertz CT molecular complexity index is 293. The highest BCUT2D eigenvalue weighted by Crippen LogP contribution is 2.46. The van der Waals surface area contributed by atoms with E-state index in [1.807, 2.05) is 0 Å². The molecule has 0 fully saturated rings. The van der Waals surface area contributed by atoms with Crippen LogP contribution in [0.25, 0.3) is 0 Å². The maximum atomic E-state index is 10.5. The van der Waals surface area contributed by atoms with E-state index in [0.717, 1.165) is 0 Å². The van der Waals surface area contributed by atoms with Crippen LogP contribution in [0.1, 0.15) is 13.3 Å². The molecule has 0 aromatic heterocycles. The summed E-state index contributed by atoms with van der Waals surface area (Å²) in [5.74, 6) is -1.08. The summed E-state index contributed by atoms with van der Waals surface area (Å²) in [5.41, 5.74) is 0.0823. The number of carbonyl (C=O) groups is 1. The zero-order valence-electron chi connectivity index (χ0n) is 7.99. The Morgan fingerprint density at radius 2 is 1.75 bits per heavy atom. The summed E-state index contributed by atoms with van der Waals surface area (Å²) in [4.78, 5) is 10.5. The van der Waals surface area contributed by atoms with Crippen molar-refractivity contribution in [1.29, 1.82) is 0 Å². The van der Waals surface area contributed by atoms with Gasteiger partial charge >= 0.3 is 5.97 Å². The predicted molar refractivity (Wildman–Crippen MR) is 70.4 cm³/mol. The van der Waals surface area contributed by atoms with E-state index in [0.29, 0.717) is 0 Å². The number of aliphatic carboxylic acids is 1. The van der Waals surface area contributed by atoms with Crippen LogP contribution in [0.4, 0.5) is 0 Å². The summed E-state index contributed by atoms with van der Waals surface area (Å²) in [6, 6.07) is 0. The SMILES string of the molecule is C/C(=C\CC(Cl)(Cl)C(Cl)C(Cl)(Cl)Cl)C(=O)O. The zero-order chi connectivity index (χ0) is 13.1. The average Bonchev–Trinajstić information content (AvgIpc) is 2.11. The second-order valence-electron chi connectivity index (χ2n) is 3.06. The Hall–Kier alpha value is 0.950. The molecule has 0 saturated heterocycles. The second kappa shape index (κ2) is 6.21. The van der Waals surface area contributed by atoms with Crippen molar-refractivity contribution in [2.24, 2.45) is 0 Å². The second-order valence-corrected chi connectivity index (χ2v) is 7.41. The van der Waals surface area contributed by atoms with Gasteiger partial charge in [0.1, 0.15) is 9.71 Å². The van der Waals surface area contributed by atoms with E-state index in [2.05, 4.69) is 0 Å². The average molecular weight is 349 g/mol. The van der Waals surface area contributed by atoms with Crippen LogP contribution >= 0.6 is 69.6 Å². The van der Waals surface area contributed by atoms with Crippen molar-refractivity contribution < 1.29 is 9.90 Å². The van der Waals surface area contributed by atoms with Crippen LogP contribution in [0.3, 0.4) is 0 Å². The van der Waals surface area contributed by atoms with Crippen molar-refractivity contribution in [2.45, 2.75) is 26.8 Å². The largest absolute Gasteiger partial charge is 0.478 e. The third-order valence-electron chi connectivity index (χ3n) is 1.68. The van der Waals surface area contributed by atoms with E-state index in [9.17, 15) is 4.79 Å². The normalized spacial score (nSPS) is 16.1. The molecule has 0 aliphatic rings. The van der Waals surface area contributed by atoms with Gasteiger partial charge in [0.05, 0.1) is 0 Å². The molecule has 1 unspecified atom stereocenters. The number of hydrogen-bond acceptors (Lipinski definition) is 1. The molecule has 0 amide bonds. The number of hydrogen-bond donors (Lipinski definition) is 1. The van der Waals surface area contributed by atoms with Gasteiger partial charge in [-0.15, -0.1) is 11.6 Å². The lowest BCUT2D eigenvalue weighted by molar-refractivity contribution is -0.132. The third kappa shape index (κ3) is 5.52. The van der Waals surface area contributed by atoms with E-state index in [-0.39, 0.29) is 12.0 Å². The first kappa shape index (κ1) is 16.9. The minimum atomic E-state index is -1.84. The van der Waals surface area contributed by atoms with Gasteiger partial charge in [0.15, 0.2) is 0 Å². The highest BCUT2D eigenvalue weighted by Gasteiger charge is 2.45. The van der Waals surface area contributed by atoms with Gasteiger partial charge in [0.2, 0.25) is 3.79 Å². The third-order valence-corrected chi connectivity index (χ3v) is 4.33. The minimum Gasteiger partial charge on any atom is -0.478 e. The fraction of sp³-hybridized carbons (Fsp3) is 0.625. The Balaban J connectivity index is 4.71. The van der Waals surface area contributed by atoms with Crippen molar-refractivity contribution in [3.8, 4) is 0 Å². The molecule has 1 N–H and O–H groups in total. The van der Waals surface area contributed by atoms with E-state index in [1.54, 1.807) is 0 Å². The van der Waals surface area contributed by atoms with E-state index >= 15 is 0 Å². The van der Waals surface area contributed by atoms with Gasteiger partial charge in [0.25, 0.3) is 0 Å². The number of alkyl halides is 6. The van der Waals surface area contributed by atoms with E-state index in [1.165, 1.54) is 13.0 Å². The molecule has 94 valence electrons. The lowest BCUT2D eigenvalue weighted by atomic mass is 10.1. The molecule has 0 radical (unpaired) electrons. The van der Waals surface area contributed by atoms with Crippen LogP contribution in [0.2, 0.25) is 0 Å². The number of halogens is 6. The highest BCUT2D eigenvalue weighted by molar-refractivity contribution is 6.72. The summed E-state index contributed by atoms with van der Waals surface area (Å²) in [5, 5.41) is 7.44. The molecule has 8 heteroatoms. The zero-order valence-corrected chi connectivity index (χ0v) is 12.5. The molecule has 0 aromatic rings. The van der Waals surface area contributed by atoms with Gasteiger partial charge < -0.3 is 5.11 Å². The summed E-state index contributed by atoms with van der Waals surface area (Å²) in [7, 11) is 0.